The van der Waals surface area contributed by atoms with E-state index in [1.807, 2.05) is 0 Å². The van der Waals surface area contributed by atoms with Crippen LogP contribution in [-0.2, 0) is 9.53 Å². The SMILES string of the molecule is COC(=O)CCC#CCC1CC1. The van der Waals surface area contributed by atoms with Gasteiger partial charge < -0.3 is 4.74 Å². The summed E-state index contributed by atoms with van der Waals surface area (Å²) in [5.41, 5.74) is 0. The van der Waals surface area contributed by atoms with Gasteiger partial charge in [0, 0.05) is 12.8 Å². The van der Waals surface area contributed by atoms with Crippen molar-refractivity contribution in [2.24, 2.45) is 5.92 Å². The summed E-state index contributed by atoms with van der Waals surface area (Å²) in [7, 11) is 1.40. The van der Waals surface area contributed by atoms with Crippen LogP contribution in [0.4, 0.5) is 0 Å². The van der Waals surface area contributed by atoms with Crippen LogP contribution < -0.4 is 0 Å². The molecule has 1 aliphatic carbocycles. The van der Waals surface area contributed by atoms with E-state index in [-0.39, 0.29) is 5.97 Å². The average Bonchev–Trinajstić information content (AvgIpc) is 2.87. The van der Waals surface area contributed by atoms with Crippen LogP contribution in [0.5, 0.6) is 0 Å². The predicted octanol–water partition coefficient (Wildman–Crippen LogP) is 1.74. The van der Waals surface area contributed by atoms with Gasteiger partial charge in [-0.2, -0.15) is 0 Å². The maximum atomic E-state index is 10.6. The number of hydrogen-bond acceptors (Lipinski definition) is 2. The zero-order valence-corrected chi connectivity index (χ0v) is 7.43. The van der Waals surface area contributed by atoms with Crippen molar-refractivity contribution in [3.05, 3.63) is 0 Å². The average molecular weight is 166 g/mol. The zero-order chi connectivity index (χ0) is 8.81. The minimum atomic E-state index is -0.171. The Balaban J connectivity index is 1.98. The summed E-state index contributed by atoms with van der Waals surface area (Å²) in [5, 5.41) is 0. The van der Waals surface area contributed by atoms with Crippen molar-refractivity contribution in [2.75, 3.05) is 7.11 Å². The third-order valence-electron chi connectivity index (χ3n) is 1.89. The van der Waals surface area contributed by atoms with Gasteiger partial charge >= 0.3 is 5.97 Å². The highest BCUT2D eigenvalue weighted by Gasteiger charge is 2.19. The zero-order valence-electron chi connectivity index (χ0n) is 7.43. The Morgan fingerprint density at radius 1 is 1.50 bits per heavy atom. The van der Waals surface area contributed by atoms with Crippen molar-refractivity contribution in [3.63, 3.8) is 0 Å². The van der Waals surface area contributed by atoms with Crippen LogP contribution in [0.2, 0.25) is 0 Å². The minimum Gasteiger partial charge on any atom is -0.469 e. The van der Waals surface area contributed by atoms with Crippen LogP contribution in [0.1, 0.15) is 32.1 Å². The molecule has 1 aliphatic rings. The number of carbonyl (C=O) groups excluding carboxylic acids is 1. The van der Waals surface area contributed by atoms with E-state index in [4.69, 9.17) is 0 Å². The molecule has 12 heavy (non-hydrogen) atoms. The van der Waals surface area contributed by atoms with Gasteiger partial charge in [0.15, 0.2) is 0 Å². The first-order chi connectivity index (χ1) is 5.83. The minimum absolute atomic E-state index is 0.171. The van der Waals surface area contributed by atoms with Gasteiger partial charge in [0.25, 0.3) is 0 Å². The van der Waals surface area contributed by atoms with Crippen LogP contribution in [0.3, 0.4) is 0 Å². The molecule has 66 valence electrons. The van der Waals surface area contributed by atoms with E-state index in [9.17, 15) is 4.79 Å². The highest BCUT2D eigenvalue weighted by atomic mass is 16.5. The lowest BCUT2D eigenvalue weighted by atomic mass is 10.2. The molecule has 0 amide bonds. The van der Waals surface area contributed by atoms with Gasteiger partial charge in [-0.25, -0.2) is 0 Å². The molecule has 0 heterocycles. The molecule has 2 nitrogen and oxygen atoms in total. The molecule has 0 aromatic heterocycles. The smallest absolute Gasteiger partial charge is 0.306 e. The maximum Gasteiger partial charge on any atom is 0.306 e. The Bertz CT molecular complexity index is 206. The Labute approximate surface area is 73.3 Å². The second-order valence-corrected chi connectivity index (χ2v) is 3.08. The van der Waals surface area contributed by atoms with Crippen molar-refractivity contribution in [3.8, 4) is 11.8 Å². The molecule has 0 atom stereocenters. The largest absolute Gasteiger partial charge is 0.469 e. The molecule has 1 fully saturated rings. The van der Waals surface area contributed by atoms with Gasteiger partial charge in [0.05, 0.1) is 13.5 Å². The first-order valence-electron chi connectivity index (χ1n) is 4.35. The number of hydrogen-bond donors (Lipinski definition) is 0. The topological polar surface area (TPSA) is 26.3 Å². The van der Waals surface area contributed by atoms with Gasteiger partial charge in [0.2, 0.25) is 0 Å². The first-order valence-corrected chi connectivity index (χ1v) is 4.35. The summed E-state index contributed by atoms with van der Waals surface area (Å²) in [6.45, 7) is 0. The number of methoxy groups -OCH3 is 1. The second-order valence-electron chi connectivity index (χ2n) is 3.08. The number of rotatable bonds is 3. The molecule has 0 unspecified atom stereocenters. The highest BCUT2D eigenvalue weighted by molar-refractivity contribution is 5.69. The Morgan fingerprint density at radius 3 is 2.83 bits per heavy atom. The van der Waals surface area contributed by atoms with Crippen molar-refractivity contribution in [1.82, 2.24) is 0 Å². The van der Waals surface area contributed by atoms with E-state index in [1.54, 1.807) is 0 Å². The molecule has 2 heteroatoms. The Kier molecular flexibility index (Phi) is 3.66. The van der Waals surface area contributed by atoms with Gasteiger partial charge in [-0.15, -0.1) is 11.8 Å². The molecule has 1 saturated carbocycles. The van der Waals surface area contributed by atoms with Crippen molar-refractivity contribution >= 4 is 5.97 Å². The normalized spacial score (nSPS) is 14.8. The summed E-state index contributed by atoms with van der Waals surface area (Å²) in [6, 6.07) is 0. The highest BCUT2D eigenvalue weighted by Crippen LogP contribution is 2.31. The lowest BCUT2D eigenvalue weighted by molar-refractivity contribution is -0.140. The van der Waals surface area contributed by atoms with Gasteiger partial charge in [-0.1, -0.05) is 0 Å². The van der Waals surface area contributed by atoms with Crippen LogP contribution >= 0.6 is 0 Å². The van der Waals surface area contributed by atoms with Crippen molar-refractivity contribution in [2.45, 2.75) is 32.1 Å². The fourth-order valence-corrected chi connectivity index (χ4v) is 0.893. The molecule has 0 aromatic rings. The summed E-state index contributed by atoms with van der Waals surface area (Å²) in [5.74, 6) is 6.73. The molecular formula is C10H14O2. The lowest BCUT2D eigenvalue weighted by Crippen LogP contribution is -1.98. The quantitative estimate of drug-likeness (QED) is 0.471. The summed E-state index contributed by atoms with van der Waals surface area (Å²) >= 11 is 0. The van der Waals surface area contributed by atoms with E-state index >= 15 is 0 Å². The number of carbonyl (C=O) groups is 1. The Hall–Kier alpha value is -0.970. The maximum absolute atomic E-state index is 10.6. The van der Waals surface area contributed by atoms with Gasteiger partial charge in [-0.05, 0) is 18.8 Å². The van der Waals surface area contributed by atoms with E-state index in [0.717, 1.165) is 12.3 Å². The third kappa shape index (κ3) is 4.02. The van der Waals surface area contributed by atoms with Gasteiger partial charge in [0.1, 0.15) is 0 Å². The van der Waals surface area contributed by atoms with E-state index in [1.165, 1.54) is 20.0 Å². The molecule has 0 saturated heterocycles. The van der Waals surface area contributed by atoms with Crippen LogP contribution in [0.25, 0.3) is 0 Å². The van der Waals surface area contributed by atoms with E-state index < -0.39 is 0 Å². The van der Waals surface area contributed by atoms with Gasteiger partial charge in [-0.3, -0.25) is 4.79 Å². The predicted molar refractivity (Wildman–Crippen MR) is 46.4 cm³/mol. The second kappa shape index (κ2) is 4.82. The third-order valence-corrected chi connectivity index (χ3v) is 1.89. The van der Waals surface area contributed by atoms with E-state index in [2.05, 4.69) is 16.6 Å². The molecule has 0 bridgehead atoms. The first kappa shape index (κ1) is 9.12. The summed E-state index contributed by atoms with van der Waals surface area (Å²) in [4.78, 5) is 10.6. The van der Waals surface area contributed by atoms with Crippen LogP contribution in [0, 0.1) is 17.8 Å². The molecule has 0 N–H and O–H groups in total. The van der Waals surface area contributed by atoms with Crippen molar-refractivity contribution in [1.29, 1.82) is 0 Å². The van der Waals surface area contributed by atoms with Crippen LogP contribution in [-0.4, -0.2) is 13.1 Å². The summed E-state index contributed by atoms with van der Waals surface area (Å²) < 4.78 is 4.48. The molecule has 0 aromatic carbocycles. The lowest BCUT2D eigenvalue weighted by Gasteiger charge is -1.91. The van der Waals surface area contributed by atoms with E-state index in [0.29, 0.717) is 12.8 Å². The number of esters is 1. The molecular weight excluding hydrogens is 152 g/mol. The Morgan fingerprint density at radius 2 is 2.25 bits per heavy atom. The van der Waals surface area contributed by atoms with Crippen molar-refractivity contribution < 1.29 is 9.53 Å². The molecule has 0 spiro atoms. The fraction of sp³-hybridized carbons (Fsp3) is 0.700. The summed E-state index contributed by atoms with van der Waals surface area (Å²) in [6.07, 6.45) is 4.76. The standard InChI is InChI=1S/C10H14O2/c1-12-10(11)6-4-2-3-5-9-7-8-9/h9H,4-8H2,1H3. The van der Waals surface area contributed by atoms with Crippen LogP contribution in [0.15, 0.2) is 0 Å². The molecule has 1 rings (SSSR count). The number of ether oxygens (including phenoxy) is 1. The monoisotopic (exact) mass is 166 g/mol. The fourth-order valence-electron chi connectivity index (χ4n) is 0.893. The molecule has 0 aliphatic heterocycles. The molecule has 0 radical (unpaired) electrons.